The van der Waals surface area contributed by atoms with Crippen LogP contribution in [-0.2, 0) is 11.2 Å². The molecule has 0 spiro atoms. The number of rotatable bonds is 4. The minimum Gasteiger partial charge on any atom is -0.481 e. The molecule has 1 aromatic carbocycles. The molecule has 142 valence electrons. The van der Waals surface area contributed by atoms with Crippen molar-refractivity contribution in [1.29, 1.82) is 0 Å². The van der Waals surface area contributed by atoms with Crippen molar-refractivity contribution in [3.8, 4) is 11.5 Å². The van der Waals surface area contributed by atoms with Gasteiger partial charge in [-0.1, -0.05) is 13.0 Å². The Hall–Kier alpha value is -3.03. The minimum absolute atomic E-state index is 0.154. The highest BCUT2D eigenvalue weighted by Crippen LogP contribution is 2.39. The van der Waals surface area contributed by atoms with Crippen molar-refractivity contribution in [3.63, 3.8) is 0 Å². The lowest BCUT2D eigenvalue weighted by Crippen LogP contribution is -2.30. The predicted octanol–water partition coefficient (Wildman–Crippen LogP) is 1.95. The highest BCUT2D eigenvalue weighted by molar-refractivity contribution is 5.94. The second-order valence-corrected chi connectivity index (χ2v) is 6.90. The number of benzene rings is 1. The van der Waals surface area contributed by atoms with Crippen LogP contribution in [0.5, 0.6) is 11.5 Å². The molecule has 2 N–H and O–H groups in total. The standard InChI is InChI=1S/C19H21N3O5/c1-3-14-10(2)17(21-20-14)18(23)22-7-12(13(8-22)19(24)25)11-4-5-15-16(6-11)27-9-26-15/h4-6,12-13H,3,7-9H2,1-2H3,(H,20,21)(H,24,25)/t12-,13+/m0/s1. The number of H-pyrrole nitrogens is 1. The van der Waals surface area contributed by atoms with Crippen LogP contribution in [0.15, 0.2) is 18.2 Å². The third-order valence-electron chi connectivity index (χ3n) is 5.42. The topological polar surface area (TPSA) is 105 Å². The molecule has 1 amide bonds. The normalized spacial score (nSPS) is 20.9. The second kappa shape index (κ2) is 6.61. The molecule has 1 fully saturated rings. The van der Waals surface area contributed by atoms with E-state index >= 15 is 0 Å². The molecule has 27 heavy (non-hydrogen) atoms. The van der Waals surface area contributed by atoms with Crippen molar-refractivity contribution < 1.29 is 24.2 Å². The average Bonchev–Trinajstić information content (AvgIpc) is 3.38. The molecule has 3 heterocycles. The van der Waals surface area contributed by atoms with Gasteiger partial charge in [0.2, 0.25) is 6.79 Å². The fourth-order valence-corrected chi connectivity index (χ4v) is 3.84. The zero-order valence-corrected chi connectivity index (χ0v) is 15.2. The molecule has 2 atom stereocenters. The summed E-state index contributed by atoms with van der Waals surface area (Å²) in [6.07, 6.45) is 0.754. The fraction of sp³-hybridized carbons (Fsp3) is 0.421. The summed E-state index contributed by atoms with van der Waals surface area (Å²) >= 11 is 0. The van der Waals surface area contributed by atoms with Gasteiger partial charge in [-0.25, -0.2) is 0 Å². The molecule has 1 saturated heterocycles. The number of aryl methyl sites for hydroxylation is 1. The molecule has 4 rings (SSSR count). The lowest BCUT2D eigenvalue weighted by Gasteiger charge is -2.16. The zero-order valence-electron chi connectivity index (χ0n) is 15.2. The first-order valence-electron chi connectivity index (χ1n) is 8.95. The quantitative estimate of drug-likeness (QED) is 0.851. The smallest absolute Gasteiger partial charge is 0.308 e. The number of hydrogen-bond donors (Lipinski definition) is 2. The summed E-state index contributed by atoms with van der Waals surface area (Å²) in [5.41, 5.74) is 2.93. The number of nitrogens with one attached hydrogen (secondary N) is 1. The van der Waals surface area contributed by atoms with E-state index in [0.717, 1.165) is 23.2 Å². The molecule has 0 radical (unpaired) electrons. The van der Waals surface area contributed by atoms with Crippen molar-refractivity contribution in [2.45, 2.75) is 26.2 Å². The Kier molecular flexibility index (Phi) is 4.25. The predicted molar refractivity (Wildman–Crippen MR) is 95.0 cm³/mol. The van der Waals surface area contributed by atoms with Gasteiger partial charge in [-0.05, 0) is 31.0 Å². The number of ether oxygens (including phenoxy) is 2. The largest absolute Gasteiger partial charge is 0.481 e. The molecule has 8 nitrogen and oxygen atoms in total. The Bertz CT molecular complexity index is 907. The monoisotopic (exact) mass is 371 g/mol. The molecule has 8 heteroatoms. The highest BCUT2D eigenvalue weighted by Gasteiger charge is 2.42. The number of carboxylic acids is 1. The van der Waals surface area contributed by atoms with Gasteiger partial charge in [0.25, 0.3) is 5.91 Å². The number of carboxylic acid groups (broad SMARTS) is 1. The van der Waals surface area contributed by atoms with Crippen LogP contribution in [0.4, 0.5) is 0 Å². The Morgan fingerprint density at radius 2 is 2.07 bits per heavy atom. The van der Waals surface area contributed by atoms with Crippen LogP contribution < -0.4 is 9.47 Å². The SMILES string of the molecule is CCc1[nH]nc(C(=O)N2C[C@@H](C(=O)O)[C@H](c3ccc4c(c3)OCO4)C2)c1C. The maximum absolute atomic E-state index is 12.9. The van der Waals surface area contributed by atoms with E-state index in [1.165, 1.54) is 0 Å². The highest BCUT2D eigenvalue weighted by atomic mass is 16.7. The number of fused-ring (bicyclic) bond motifs is 1. The number of aromatic amines is 1. The minimum atomic E-state index is -0.916. The zero-order chi connectivity index (χ0) is 19.1. The molecule has 2 aromatic rings. The first kappa shape index (κ1) is 17.4. The summed E-state index contributed by atoms with van der Waals surface area (Å²) in [5.74, 6) is -0.892. The summed E-state index contributed by atoms with van der Waals surface area (Å²) in [5, 5.41) is 16.7. The van der Waals surface area contributed by atoms with Gasteiger partial charge in [0.15, 0.2) is 17.2 Å². The number of likely N-dealkylation sites (tertiary alicyclic amines) is 1. The van der Waals surface area contributed by atoms with Crippen LogP contribution in [0.3, 0.4) is 0 Å². The van der Waals surface area contributed by atoms with E-state index in [1.807, 2.05) is 26.0 Å². The number of carbonyl (C=O) groups excluding carboxylic acids is 1. The molecule has 0 bridgehead atoms. The van der Waals surface area contributed by atoms with Crippen LogP contribution in [0.1, 0.15) is 40.2 Å². The van der Waals surface area contributed by atoms with E-state index < -0.39 is 11.9 Å². The summed E-state index contributed by atoms with van der Waals surface area (Å²) in [4.78, 5) is 26.3. The average molecular weight is 371 g/mol. The third-order valence-corrected chi connectivity index (χ3v) is 5.42. The van der Waals surface area contributed by atoms with E-state index in [0.29, 0.717) is 23.7 Å². The van der Waals surface area contributed by atoms with E-state index in [9.17, 15) is 14.7 Å². The summed E-state index contributed by atoms with van der Waals surface area (Å²) in [7, 11) is 0. The second-order valence-electron chi connectivity index (χ2n) is 6.90. The van der Waals surface area contributed by atoms with E-state index in [-0.39, 0.29) is 25.2 Å². The third kappa shape index (κ3) is 2.90. The lowest BCUT2D eigenvalue weighted by atomic mass is 9.89. The van der Waals surface area contributed by atoms with Crippen LogP contribution in [-0.4, -0.2) is 52.0 Å². The fourth-order valence-electron chi connectivity index (χ4n) is 3.84. The molecule has 1 aromatic heterocycles. The van der Waals surface area contributed by atoms with Crippen LogP contribution in [0.25, 0.3) is 0 Å². The number of amides is 1. The molecular weight excluding hydrogens is 350 g/mol. The van der Waals surface area contributed by atoms with Crippen molar-refractivity contribution in [2.24, 2.45) is 5.92 Å². The Labute approximate surface area is 156 Å². The van der Waals surface area contributed by atoms with Gasteiger partial charge in [-0.15, -0.1) is 0 Å². The van der Waals surface area contributed by atoms with Gasteiger partial charge in [-0.2, -0.15) is 5.10 Å². The van der Waals surface area contributed by atoms with Gasteiger partial charge >= 0.3 is 5.97 Å². The maximum Gasteiger partial charge on any atom is 0.308 e. The first-order chi connectivity index (χ1) is 13.0. The molecule has 2 aliphatic heterocycles. The van der Waals surface area contributed by atoms with Crippen molar-refractivity contribution in [3.05, 3.63) is 40.7 Å². The van der Waals surface area contributed by atoms with Gasteiger partial charge in [0.1, 0.15) is 0 Å². The summed E-state index contributed by atoms with van der Waals surface area (Å²) in [6, 6.07) is 5.44. The molecular formula is C19H21N3O5. The van der Waals surface area contributed by atoms with E-state index in [1.54, 1.807) is 11.0 Å². The Balaban J connectivity index is 1.61. The number of aromatic nitrogens is 2. The van der Waals surface area contributed by atoms with Crippen molar-refractivity contribution in [2.75, 3.05) is 19.9 Å². The summed E-state index contributed by atoms with van der Waals surface area (Å²) < 4.78 is 10.7. The number of nitrogens with zero attached hydrogens (tertiary/aromatic N) is 2. The molecule has 0 saturated carbocycles. The van der Waals surface area contributed by atoms with Crippen LogP contribution in [0, 0.1) is 12.8 Å². The molecule has 2 aliphatic rings. The number of hydrogen-bond acceptors (Lipinski definition) is 5. The number of aliphatic carboxylic acids is 1. The van der Waals surface area contributed by atoms with Crippen LogP contribution in [0.2, 0.25) is 0 Å². The van der Waals surface area contributed by atoms with Gasteiger partial charge in [0.05, 0.1) is 5.92 Å². The van der Waals surface area contributed by atoms with Gasteiger partial charge < -0.3 is 19.5 Å². The van der Waals surface area contributed by atoms with E-state index in [2.05, 4.69) is 10.2 Å². The van der Waals surface area contributed by atoms with E-state index in [4.69, 9.17) is 9.47 Å². The maximum atomic E-state index is 12.9. The number of carbonyl (C=O) groups is 2. The Morgan fingerprint density at radius 1 is 1.30 bits per heavy atom. The lowest BCUT2D eigenvalue weighted by molar-refractivity contribution is -0.141. The molecule has 0 aliphatic carbocycles. The van der Waals surface area contributed by atoms with Gasteiger partial charge in [0, 0.05) is 30.3 Å². The van der Waals surface area contributed by atoms with Crippen molar-refractivity contribution in [1.82, 2.24) is 15.1 Å². The first-order valence-corrected chi connectivity index (χ1v) is 8.95. The Morgan fingerprint density at radius 3 is 2.78 bits per heavy atom. The summed E-state index contributed by atoms with van der Waals surface area (Å²) in [6.45, 7) is 4.48. The van der Waals surface area contributed by atoms with Crippen LogP contribution >= 0.6 is 0 Å². The molecule has 0 unspecified atom stereocenters. The van der Waals surface area contributed by atoms with Crippen molar-refractivity contribution >= 4 is 11.9 Å². The van der Waals surface area contributed by atoms with Gasteiger partial charge in [-0.3, -0.25) is 14.7 Å².